The summed E-state index contributed by atoms with van der Waals surface area (Å²) in [5.41, 5.74) is -0.313. The fraction of sp³-hybridized carbons (Fsp3) is 0.0909. The molecule has 0 radical (unpaired) electrons. The number of methoxy groups -OCH3 is 1. The van der Waals surface area contributed by atoms with Crippen LogP contribution in [0.4, 0.5) is 8.78 Å². The molecule has 0 fully saturated rings. The van der Waals surface area contributed by atoms with Crippen molar-refractivity contribution in [2.75, 3.05) is 7.11 Å². The van der Waals surface area contributed by atoms with Gasteiger partial charge in [-0.25, -0.2) is 13.6 Å². The molecule has 18 heavy (non-hydrogen) atoms. The van der Waals surface area contributed by atoms with Crippen molar-refractivity contribution in [2.24, 2.45) is 0 Å². The number of aromatic nitrogens is 1. The lowest BCUT2D eigenvalue weighted by Gasteiger charge is -2.04. The van der Waals surface area contributed by atoms with Gasteiger partial charge in [-0.15, -0.1) is 0 Å². The van der Waals surface area contributed by atoms with Crippen LogP contribution in [0.3, 0.4) is 0 Å². The molecule has 0 unspecified atom stereocenters. The zero-order chi connectivity index (χ0) is 13.3. The van der Waals surface area contributed by atoms with Crippen LogP contribution >= 0.6 is 0 Å². The van der Waals surface area contributed by atoms with Crippen molar-refractivity contribution in [1.29, 1.82) is 0 Å². The van der Waals surface area contributed by atoms with Crippen LogP contribution in [0.15, 0.2) is 22.7 Å². The van der Waals surface area contributed by atoms with Gasteiger partial charge in [0, 0.05) is 11.6 Å². The second-order valence-electron chi connectivity index (χ2n) is 3.35. The van der Waals surface area contributed by atoms with Crippen LogP contribution in [-0.4, -0.2) is 23.3 Å². The Morgan fingerprint density at radius 1 is 1.33 bits per heavy atom. The van der Waals surface area contributed by atoms with E-state index in [1.54, 1.807) is 0 Å². The summed E-state index contributed by atoms with van der Waals surface area (Å²) >= 11 is 0. The van der Waals surface area contributed by atoms with E-state index < -0.39 is 23.4 Å². The third-order valence-electron chi connectivity index (χ3n) is 2.22. The number of hydrogen-bond acceptors (Lipinski definition) is 4. The van der Waals surface area contributed by atoms with E-state index in [0.717, 1.165) is 25.3 Å². The smallest absolute Gasteiger partial charge is 0.358 e. The molecular weight excluding hydrogens is 248 g/mol. The Bertz CT molecular complexity index is 586. The van der Waals surface area contributed by atoms with Gasteiger partial charge in [-0.05, 0) is 12.1 Å². The summed E-state index contributed by atoms with van der Waals surface area (Å²) in [7, 11) is 1.14. The average Bonchev–Trinajstić information content (AvgIpc) is 2.77. The predicted octanol–water partition coefficient (Wildman–Crippen LogP) is 2.33. The Morgan fingerprint density at radius 3 is 2.39 bits per heavy atom. The number of nitrogens with zero attached hydrogens (tertiary/aromatic N) is 1. The number of ether oxygens (including phenoxy) is 1. The molecule has 1 N–H and O–H groups in total. The maximum absolute atomic E-state index is 13.4. The van der Waals surface area contributed by atoms with Crippen molar-refractivity contribution in [3.63, 3.8) is 0 Å². The molecule has 94 valence electrons. The van der Waals surface area contributed by atoms with E-state index >= 15 is 0 Å². The van der Waals surface area contributed by atoms with Crippen molar-refractivity contribution < 1.29 is 27.9 Å². The zero-order valence-corrected chi connectivity index (χ0v) is 9.11. The van der Waals surface area contributed by atoms with Gasteiger partial charge in [0.25, 0.3) is 0 Å². The lowest BCUT2D eigenvalue weighted by molar-refractivity contribution is 0.0686. The minimum atomic E-state index is -1.29. The molecule has 0 saturated carbocycles. The standard InChI is InChI=1S/C11H7F2NO4/c1-17-10-6(12)2-5(3-7(10)13)9-4-8(11(15)16)14-18-9/h2-4H,1H3,(H,15,16). The van der Waals surface area contributed by atoms with Gasteiger partial charge in [-0.1, -0.05) is 5.16 Å². The van der Waals surface area contributed by atoms with Crippen LogP contribution in [-0.2, 0) is 0 Å². The monoisotopic (exact) mass is 255 g/mol. The van der Waals surface area contributed by atoms with E-state index in [1.807, 2.05) is 0 Å². The Balaban J connectivity index is 2.47. The zero-order valence-electron chi connectivity index (χ0n) is 9.11. The quantitative estimate of drug-likeness (QED) is 0.911. The number of hydrogen-bond donors (Lipinski definition) is 1. The maximum Gasteiger partial charge on any atom is 0.358 e. The van der Waals surface area contributed by atoms with E-state index in [4.69, 9.17) is 9.63 Å². The minimum Gasteiger partial charge on any atom is -0.491 e. The van der Waals surface area contributed by atoms with Crippen molar-refractivity contribution >= 4 is 5.97 Å². The van der Waals surface area contributed by atoms with Gasteiger partial charge >= 0.3 is 5.97 Å². The summed E-state index contributed by atoms with van der Waals surface area (Å²) in [5, 5.41) is 11.9. The summed E-state index contributed by atoms with van der Waals surface area (Å²) in [6, 6.07) is 3.01. The Morgan fingerprint density at radius 2 is 1.94 bits per heavy atom. The highest BCUT2D eigenvalue weighted by Gasteiger charge is 2.17. The molecule has 7 heteroatoms. The van der Waals surface area contributed by atoms with E-state index in [1.165, 1.54) is 0 Å². The third kappa shape index (κ3) is 2.02. The molecule has 0 atom stereocenters. The first kappa shape index (κ1) is 12.0. The highest BCUT2D eigenvalue weighted by molar-refractivity contribution is 5.86. The van der Waals surface area contributed by atoms with Crippen LogP contribution in [0.5, 0.6) is 5.75 Å². The Kier molecular flexibility index (Phi) is 2.97. The number of aromatic carboxylic acids is 1. The minimum absolute atomic E-state index is 0.0331. The second kappa shape index (κ2) is 4.44. The van der Waals surface area contributed by atoms with Crippen LogP contribution in [0.25, 0.3) is 11.3 Å². The van der Waals surface area contributed by atoms with E-state index in [-0.39, 0.29) is 17.0 Å². The molecule has 0 bridgehead atoms. The molecule has 5 nitrogen and oxygen atoms in total. The van der Waals surface area contributed by atoms with E-state index in [0.29, 0.717) is 0 Å². The summed E-state index contributed by atoms with van der Waals surface area (Å²) in [5.74, 6) is -3.69. The largest absolute Gasteiger partial charge is 0.491 e. The summed E-state index contributed by atoms with van der Waals surface area (Å²) in [6.07, 6.45) is 0. The predicted molar refractivity (Wildman–Crippen MR) is 55.4 cm³/mol. The Labute approximate surface area is 99.6 Å². The van der Waals surface area contributed by atoms with Crippen molar-refractivity contribution in [2.45, 2.75) is 0 Å². The fourth-order valence-electron chi connectivity index (χ4n) is 1.41. The summed E-state index contributed by atoms with van der Waals surface area (Å²) < 4.78 is 36.0. The lowest BCUT2D eigenvalue weighted by Crippen LogP contribution is -1.95. The molecule has 2 rings (SSSR count). The SMILES string of the molecule is COc1c(F)cc(-c2cc(C(=O)O)no2)cc1F. The van der Waals surface area contributed by atoms with Crippen LogP contribution in [0.1, 0.15) is 10.5 Å². The molecule has 2 aromatic rings. The second-order valence-corrected chi connectivity index (χ2v) is 3.35. The summed E-state index contributed by atoms with van der Waals surface area (Å²) in [4.78, 5) is 10.6. The maximum atomic E-state index is 13.4. The van der Waals surface area contributed by atoms with Crippen molar-refractivity contribution in [3.05, 3.63) is 35.5 Å². The van der Waals surface area contributed by atoms with Gasteiger partial charge in [-0.3, -0.25) is 0 Å². The van der Waals surface area contributed by atoms with E-state index in [9.17, 15) is 13.6 Å². The first-order valence-corrected chi connectivity index (χ1v) is 4.76. The average molecular weight is 255 g/mol. The highest BCUT2D eigenvalue weighted by Crippen LogP contribution is 2.29. The molecule has 1 aromatic carbocycles. The normalized spacial score (nSPS) is 10.4. The molecule has 0 aliphatic carbocycles. The van der Waals surface area contributed by atoms with Gasteiger partial charge in [0.2, 0.25) is 0 Å². The van der Waals surface area contributed by atoms with Crippen LogP contribution in [0, 0.1) is 11.6 Å². The molecular formula is C11H7F2NO4. The molecule has 0 amide bonds. The molecule has 0 spiro atoms. The first-order valence-electron chi connectivity index (χ1n) is 4.76. The van der Waals surface area contributed by atoms with Crippen molar-refractivity contribution in [1.82, 2.24) is 5.16 Å². The molecule has 1 aromatic heterocycles. The van der Waals surface area contributed by atoms with Gasteiger partial charge in [0.1, 0.15) is 0 Å². The number of carboxylic acids is 1. The van der Waals surface area contributed by atoms with Gasteiger partial charge < -0.3 is 14.4 Å². The topological polar surface area (TPSA) is 72.6 Å². The van der Waals surface area contributed by atoms with Gasteiger partial charge in [0.15, 0.2) is 28.8 Å². The van der Waals surface area contributed by atoms with Gasteiger partial charge in [-0.2, -0.15) is 0 Å². The van der Waals surface area contributed by atoms with Crippen molar-refractivity contribution in [3.8, 4) is 17.1 Å². The third-order valence-corrected chi connectivity index (χ3v) is 2.22. The molecule has 0 aliphatic heterocycles. The molecule has 1 heterocycles. The molecule has 0 aliphatic rings. The highest BCUT2D eigenvalue weighted by atomic mass is 19.1. The molecule has 0 saturated heterocycles. The first-order chi connectivity index (χ1) is 8.52. The lowest BCUT2D eigenvalue weighted by atomic mass is 10.1. The number of halogens is 2. The number of benzene rings is 1. The number of carboxylic acid groups (broad SMARTS) is 1. The van der Waals surface area contributed by atoms with Crippen LogP contribution in [0.2, 0.25) is 0 Å². The fourth-order valence-corrected chi connectivity index (χ4v) is 1.41. The van der Waals surface area contributed by atoms with E-state index in [2.05, 4.69) is 9.89 Å². The van der Waals surface area contributed by atoms with Crippen LogP contribution < -0.4 is 4.74 Å². The Hall–Kier alpha value is -2.44. The summed E-state index contributed by atoms with van der Waals surface area (Å²) in [6.45, 7) is 0. The van der Waals surface area contributed by atoms with Gasteiger partial charge in [0.05, 0.1) is 7.11 Å². The number of rotatable bonds is 3. The number of carbonyl (C=O) groups is 1.